The number of amides is 1. The van der Waals surface area contributed by atoms with E-state index in [-0.39, 0.29) is 12.3 Å². The molecule has 1 N–H and O–H groups in total. The average Bonchev–Trinajstić information content (AvgIpc) is 3.17. The molecule has 5 nitrogen and oxygen atoms in total. The number of hydrogen-bond donors (Lipinski definition) is 1. The monoisotopic (exact) mass is 327 g/mol. The Morgan fingerprint density at radius 3 is 3.00 bits per heavy atom. The smallest absolute Gasteiger partial charge is 0.226 e. The average molecular weight is 327 g/mol. The Hall–Kier alpha value is -2.47. The summed E-state index contributed by atoms with van der Waals surface area (Å²) in [4.78, 5) is 20.5. The van der Waals surface area contributed by atoms with Crippen molar-refractivity contribution in [3.05, 3.63) is 59.1 Å². The minimum Gasteiger partial charge on any atom is -0.459 e. The fourth-order valence-electron chi connectivity index (χ4n) is 2.17. The number of aromatic nitrogens is 2. The van der Waals surface area contributed by atoms with Crippen LogP contribution in [0, 0.1) is 6.92 Å². The van der Waals surface area contributed by atoms with Crippen molar-refractivity contribution in [1.82, 2.24) is 15.3 Å². The van der Waals surface area contributed by atoms with Gasteiger partial charge in [0.25, 0.3) is 0 Å². The van der Waals surface area contributed by atoms with Crippen molar-refractivity contribution in [1.29, 1.82) is 0 Å². The molecule has 0 unspecified atom stereocenters. The van der Waals surface area contributed by atoms with Crippen LogP contribution in [-0.2, 0) is 17.6 Å². The van der Waals surface area contributed by atoms with E-state index in [1.165, 1.54) is 11.3 Å². The van der Waals surface area contributed by atoms with Crippen LogP contribution in [0.2, 0.25) is 0 Å². The number of aryl methyl sites for hydroxylation is 1. The van der Waals surface area contributed by atoms with Crippen molar-refractivity contribution in [3.8, 4) is 10.8 Å². The third-order valence-electron chi connectivity index (χ3n) is 3.30. The van der Waals surface area contributed by atoms with Gasteiger partial charge in [0, 0.05) is 24.3 Å². The fraction of sp³-hybridized carbons (Fsp3) is 0.235. The standard InChI is InChI=1S/C17H17N3O2S/c1-12-4-5-15(22-12)17-20-14(11-23-17)9-16(21)19-8-6-13-3-2-7-18-10-13/h2-5,7,10-11H,6,8-9H2,1H3,(H,19,21). The van der Waals surface area contributed by atoms with E-state index in [1.54, 1.807) is 6.20 Å². The van der Waals surface area contributed by atoms with E-state index in [0.29, 0.717) is 6.54 Å². The van der Waals surface area contributed by atoms with Gasteiger partial charge in [0.05, 0.1) is 12.1 Å². The van der Waals surface area contributed by atoms with Crippen LogP contribution in [0.1, 0.15) is 17.0 Å². The van der Waals surface area contributed by atoms with Gasteiger partial charge in [-0.05, 0) is 37.1 Å². The molecule has 118 valence electrons. The van der Waals surface area contributed by atoms with Gasteiger partial charge in [-0.25, -0.2) is 4.98 Å². The molecule has 0 aliphatic heterocycles. The van der Waals surface area contributed by atoms with Crippen LogP contribution >= 0.6 is 11.3 Å². The van der Waals surface area contributed by atoms with Crippen molar-refractivity contribution >= 4 is 17.2 Å². The minimum absolute atomic E-state index is 0.0265. The summed E-state index contributed by atoms with van der Waals surface area (Å²) in [5.41, 5.74) is 1.87. The third kappa shape index (κ3) is 4.26. The molecule has 0 aliphatic rings. The molecule has 3 heterocycles. The molecule has 0 bridgehead atoms. The van der Waals surface area contributed by atoms with Gasteiger partial charge >= 0.3 is 0 Å². The van der Waals surface area contributed by atoms with Gasteiger partial charge in [-0.1, -0.05) is 6.07 Å². The highest BCUT2D eigenvalue weighted by atomic mass is 32.1. The number of hydrogen-bond acceptors (Lipinski definition) is 5. The number of carbonyl (C=O) groups is 1. The van der Waals surface area contributed by atoms with Crippen molar-refractivity contribution in [3.63, 3.8) is 0 Å². The van der Waals surface area contributed by atoms with E-state index in [9.17, 15) is 4.79 Å². The van der Waals surface area contributed by atoms with E-state index >= 15 is 0 Å². The first-order valence-corrected chi connectivity index (χ1v) is 8.25. The maximum absolute atomic E-state index is 12.0. The van der Waals surface area contributed by atoms with Crippen molar-refractivity contribution in [2.24, 2.45) is 0 Å². The molecular formula is C17H17N3O2S. The first-order valence-electron chi connectivity index (χ1n) is 7.37. The lowest BCUT2D eigenvalue weighted by molar-refractivity contribution is -0.120. The lowest BCUT2D eigenvalue weighted by Gasteiger charge is -2.03. The lowest BCUT2D eigenvalue weighted by atomic mass is 10.2. The number of nitrogens with one attached hydrogen (secondary N) is 1. The topological polar surface area (TPSA) is 68.0 Å². The first kappa shape index (κ1) is 15.4. The van der Waals surface area contributed by atoms with Gasteiger partial charge in [0.2, 0.25) is 5.91 Å². The van der Waals surface area contributed by atoms with Crippen LogP contribution in [0.4, 0.5) is 0 Å². The highest BCUT2D eigenvalue weighted by Crippen LogP contribution is 2.25. The summed E-state index contributed by atoms with van der Waals surface area (Å²) in [7, 11) is 0. The fourth-order valence-corrected chi connectivity index (χ4v) is 2.95. The molecule has 1 amide bonds. The van der Waals surface area contributed by atoms with Crippen LogP contribution < -0.4 is 5.32 Å². The Balaban J connectivity index is 1.49. The SMILES string of the molecule is Cc1ccc(-c2nc(CC(=O)NCCc3cccnc3)cs2)o1. The molecule has 0 aromatic carbocycles. The molecule has 0 spiro atoms. The largest absolute Gasteiger partial charge is 0.459 e. The predicted octanol–water partition coefficient (Wildman–Crippen LogP) is 3.01. The zero-order valence-corrected chi connectivity index (χ0v) is 13.6. The summed E-state index contributed by atoms with van der Waals surface area (Å²) in [5, 5.41) is 5.61. The Morgan fingerprint density at radius 2 is 2.26 bits per heavy atom. The summed E-state index contributed by atoms with van der Waals surface area (Å²) in [6, 6.07) is 7.69. The Bertz CT molecular complexity index is 780. The van der Waals surface area contributed by atoms with Crippen LogP contribution in [-0.4, -0.2) is 22.4 Å². The zero-order valence-electron chi connectivity index (χ0n) is 12.8. The van der Waals surface area contributed by atoms with E-state index in [0.717, 1.165) is 34.2 Å². The molecule has 3 aromatic rings. The Morgan fingerprint density at radius 1 is 1.35 bits per heavy atom. The second-order valence-electron chi connectivity index (χ2n) is 5.19. The molecule has 0 atom stereocenters. The minimum atomic E-state index is -0.0265. The number of pyridine rings is 1. The number of thiazole rings is 1. The lowest BCUT2D eigenvalue weighted by Crippen LogP contribution is -2.27. The van der Waals surface area contributed by atoms with Gasteiger partial charge in [-0.2, -0.15) is 0 Å². The maximum atomic E-state index is 12.0. The number of rotatable bonds is 6. The van der Waals surface area contributed by atoms with Crippen LogP contribution in [0.25, 0.3) is 10.8 Å². The molecule has 0 fully saturated rings. The molecule has 3 aromatic heterocycles. The second-order valence-corrected chi connectivity index (χ2v) is 6.05. The molecular weight excluding hydrogens is 310 g/mol. The zero-order chi connectivity index (χ0) is 16.1. The molecule has 3 rings (SSSR count). The molecule has 23 heavy (non-hydrogen) atoms. The Labute approximate surface area is 138 Å². The van der Waals surface area contributed by atoms with Gasteiger partial charge in [-0.15, -0.1) is 11.3 Å². The summed E-state index contributed by atoms with van der Waals surface area (Å²) < 4.78 is 5.54. The van der Waals surface area contributed by atoms with E-state index < -0.39 is 0 Å². The molecule has 0 saturated carbocycles. The van der Waals surface area contributed by atoms with E-state index in [2.05, 4.69) is 15.3 Å². The number of nitrogens with zero attached hydrogens (tertiary/aromatic N) is 2. The number of furan rings is 1. The number of carbonyl (C=O) groups excluding carboxylic acids is 1. The van der Waals surface area contributed by atoms with Gasteiger partial charge in [-0.3, -0.25) is 9.78 Å². The molecule has 0 aliphatic carbocycles. The van der Waals surface area contributed by atoms with Crippen molar-refractivity contribution < 1.29 is 9.21 Å². The first-order chi connectivity index (χ1) is 11.2. The van der Waals surface area contributed by atoms with Crippen molar-refractivity contribution in [2.45, 2.75) is 19.8 Å². The van der Waals surface area contributed by atoms with Gasteiger partial charge in [0.1, 0.15) is 5.76 Å². The van der Waals surface area contributed by atoms with E-state index in [1.807, 2.05) is 42.8 Å². The normalized spacial score (nSPS) is 10.7. The van der Waals surface area contributed by atoms with Gasteiger partial charge < -0.3 is 9.73 Å². The van der Waals surface area contributed by atoms with Crippen molar-refractivity contribution in [2.75, 3.05) is 6.54 Å². The predicted molar refractivity (Wildman–Crippen MR) is 89.2 cm³/mol. The summed E-state index contributed by atoms with van der Waals surface area (Å²) >= 11 is 1.49. The molecule has 0 saturated heterocycles. The summed E-state index contributed by atoms with van der Waals surface area (Å²) in [5.74, 6) is 1.57. The maximum Gasteiger partial charge on any atom is 0.226 e. The highest BCUT2D eigenvalue weighted by Gasteiger charge is 2.11. The molecule has 0 radical (unpaired) electrons. The molecule has 6 heteroatoms. The van der Waals surface area contributed by atoms with Gasteiger partial charge in [0.15, 0.2) is 10.8 Å². The summed E-state index contributed by atoms with van der Waals surface area (Å²) in [6.45, 7) is 2.49. The highest BCUT2D eigenvalue weighted by molar-refractivity contribution is 7.13. The summed E-state index contributed by atoms with van der Waals surface area (Å²) in [6.07, 6.45) is 4.60. The van der Waals surface area contributed by atoms with Crippen LogP contribution in [0.15, 0.2) is 46.5 Å². The Kier molecular flexibility index (Phi) is 4.83. The third-order valence-corrected chi connectivity index (χ3v) is 4.21. The quantitative estimate of drug-likeness (QED) is 0.756. The van der Waals surface area contributed by atoms with Crippen LogP contribution in [0.5, 0.6) is 0 Å². The second kappa shape index (κ2) is 7.19. The van der Waals surface area contributed by atoms with E-state index in [4.69, 9.17) is 4.42 Å². The van der Waals surface area contributed by atoms with Crippen LogP contribution in [0.3, 0.4) is 0 Å².